The van der Waals surface area contributed by atoms with Gasteiger partial charge in [0.1, 0.15) is 5.69 Å². The quantitative estimate of drug-likeness (QED) is 0.567. The maximum atomic E-state index is 11.3. The van der Waals surface area contributed by atoms with Gasteiger partial charge in [0, 0.05) is 31.6 Å². The van der Waals surface area contributed by atoms with Crippen LogP contribution in [-0.2, 0) is 9.47 Å². The summed E-state index contributed by atoms with van der Waals surface area (Å²) in [5, 5.41) is 3.21. The summed E-state index contributed by atoms with van der Waals surface area (Å²) >= 11 is 0. The third-order valence-corrected chi connectivity index (χ3v) is 2.30. The Balaban J connectivity index is 2.32. The summed E-state index contributed by atoms with van der Waals surface area (Å²) in [5.74, 6) is -0.426. The molecule has 1 N–H and O–H groups in total. The summed E-state index contributed by atoms with van der Waals surface area (Å²) in [5.41, 5.74) is 1.17. The number of ether oxygens (including phenoxy) is 2. The zero-order valence-electron chi connectivity index (χ0n) is 10.9. The molecule has 0 radical (unpaired) electrons. The van der Waals surface area contributed by atoms with Crippen molar-refractivity contribution in [3.63, 3.8) is 0 Å². The van der Waals surface area contributed by atoms with Crippen molar-refractivity contribution < 1.29 is 14.3 Å². The molecule has 1 aromatic heterocycles. The standard InChI is InChI=1S/C13H20N2O3/c1-3-8-18-9-4-6-14-11-5-7-15-12(10-11)13(16)17-2/h5,7,10H,3-4,6,8-9H2,1-2H3,(H,14,15). The summed E-state index contributed by atoms with van der Waals surface area (Å²) in [6.07, 6.45) is 3.55. The Hall–Kier alpha value is -1.62. The molecule has 1 aromatic rings. The molecule has 0 aliphatic carbocycles. The maximum absolute atomic E-state index is 11.3. The lowest BCUT2D eigenvalue weighted by Gasteiger charge is -2.07. The van der Waals surface area contributed by atoms with Gasteiger partial charge in [-0.1, -0.05) is 6.92 Å². The Kier molecular flexibility index (Phi) is 6.79. The highest BCUT2D eigenvalue weighted by Crippen LogP contribution is 2.08. The molecule has 5 nitrogen and oxygen atoms in total. The molecule has 0 spiro atoms. The van der Waals surface area contributed by atoms with Crippen molar-refractivity contribution in [2.75, 3.05) is 32.2 Å². The zero-order chi connectivity index (χ0) is 13.2. The van der Waals surface area contributed by atoms with Crippen LogP contribution in [0.15, 0.2) is 18.3 Å². The Morgan fingerprint density at radius 1 is 1.44 bits per heavy atom. The van der Waals surface area contributed by atoms with Crippen molar-refractivity contribution in [3.8, 4) is 0 Å². The van der Waals surface area contributed by atoms with Crippen LogP contribution in [0, 0.1) is 0 Å². The highest BCUT2D eigenvalue weighted by atomic mass is 16.5. The van der Waals surface area contributed by atoms with Gasteiger partial charge in [-0.3, -0.25) is 0 Å². The summed E-state index contributed by atoms with van der Waals surface area (Å²) in [7, 11) is 1.34. The second-order valence-corrected chi connectivity index (χ2v) is 3.81. The number of nitrogens with zero attached hydrogens (tertiary/aromatic N) is 1. The third kappa shape index (κ3) is 5.14. The van der Waals surface area contributed by atoms with Gasteiger partial charge in [0.25, 0.3) is 0 Å². The average molecular weight is 252 g/mol. The molecule has 0 unspecified atom stereocenters. The van der Waals surface area contributed by atoms with E-state index in [1.807, 2.05) is 6.07 Å². The number of hydrogen-bond donors (Lipinski definition) is 1. The molecular formula is C13H20N2O3. The molecule has 0 atom stereocenters. The summed E-state index contributed by atoms with van der Waals surface area (Å²) < 4.78 is 9.99. The van der Waals surface area contributed by atoms with Crippen molar-refractivity contribution in [1.29, 1.82) is 0 Å². The summed E-state index contributed by atoms with van der Waals surface area (Å²) in [6.45, 7) is 4.44. The van der Waals surface area contributed by atoms with E-state index in [9.17, 15) is 4.79 Å². The fraction of sp³-hybridized carbons (Fsp3) is 0.538. The van der Waals surface area contributed by atoms with Gasteiger partial charge in [-0.15, -0.1) is 0 Å². The largest absolute Gasteiger partial charge is 0.464 e. The molecule has 0 aliphatic heterocycles. The molecule has 0 saturated heterocycles. The van der Waals surface area contributed by atoms with Crippen LogP contribution in [0.4, 0.5) is 5.69 Å². The van der Waals surface area contributed by atoms with E-state index in [1.54, 1.807) is 12.3 Å². The van der Waals surface area contributed by atoms with Crippen LogP contribution in [0.25, 0.3) is 0 Å². The van der Waals surface area contributed by atoms with Crippen LogP contribution < -0.4 is 5.32 Å². The van der Waals surface area contributed by atoms with Gasteiger partial charge in [-0.25, -0.2) is 9.78 Å². The molecule has 1 rings (SSSR count). The Bertz CT molecular complexity index is 369. The highest BCUT2D eigenvalue weighted by molar-refractivity contribution is 5.88. The lowest BCUT2D eigenvalue weighted by Crippen LogP contribution is -2.08. The minimum Gasteiger partial charge on any atom is -0.464 e. The predicted octanol–water partition coefficient (Wildman–Crippen LogP) is 2.10. The van der Waals surface area contributed by atoms with Crippen molar-refractivity contribution >= 4 is 11.7 Å². The van der Waals surface area contributed by atoms with Crippen LogP contribution in [0.5, 0.6) is 0 Å². The molecular weight excluding hydrogens is 232 g/mol. The van der Waals surface area contributed by atoms with Crippen LogP contribution in [0.1, 0.15) is 30.3 Å². The number of nitrogens with one attached hydrogen (secondary N) is 1. The molecule has 0 aromatic carbocycles. The van der Waals surface area contributed by atoms with Crippen LogP contribution in [0.3, 0.4) is 0 Å². The van der Waals surface area contributed by atoms with E-state index in [1.165, 1.54) is 7.11 Å². The molecule has 0 fully saturated rings. The Morgan fingerprint density at radius 3 is 3.00 bits per heavy atom. The van der Waals surface area contributed by atoms with E-state index in [0.29, 0.717) is 5.69 Å². The molecule has 1 heterocycles. The van der Waals surface area contributed by atoms with Gasteiger partial charge in [0.05, 0.1) is 7.11 Å². The van der Waals surface area contributed by atoms with E-state index in [2.05, 4.69) is 22.0 Å². The third-order valence-electron chi connectivity index (χ3n) is 2.30. The zero-order valence-corrected chi connectivity index (χ0v) is 10.9. The van der Waals surface area contributed by atoms with E-state index in [-0.39, 0.29) is 0 Å². The minimum absolute atomic E-state index is 0.310. The van der Waals surface area contributed by atoms with Crippen molar-refractivity contribution in [2.24, 2.45) is 0 Å². The average Bonchev–Trinajstić information content (AvgIpc) is 2.42. The number of carbonyl (C=O) groups excluding carboxylic acids is 1. The molecule has 0 bridgehead atoms. The predicted molar refractivity (Wildman–Crippen MR) is 69.8 cm³/mol. The molecule has 100 valence electrons. The van der Waals surface area contributed by atoms with Gasteiger partial charge < -0.3 is 14.8 Å². The number of pyridine rings is 1. The Morgan fingerprint density at radius 2 is 2.28 bits per heavy atom. The van der Waals surface area contributed by atoms with E-state index < -0.39 is 5.97 Å². The fourth-order valence-electron chi connectivity index (χ4n) is 1.41. The van der Waals surface area contributed by atoms with Gasteiger partial charge in [-0.05, 0) is 25.0 Å². The topological polar surface area (TPSA) is 60.5 Å². The SMILES string of the molecule is CCCOCCCNc1ccnc(C(=O)OC)c1. The van der Waals surface area contributed by atoms with Crippen LogP contribution in [0.2, 0.25) is 0 Å². The lowest BCUT2D eigenvalue weighted by atomic mass is 10.3. The van der Waals surface area contributed by atoms with Crippen LogP contribution in [-0.4, -0.2) is 37.8 Å². The van der Waals surface area contributed by atoms with Crippen molar-refractivity contribution in [1.82, 2.24) is 4.98 Å². The van der Waals surface area contributed by atoms with Crippen molar-refractivity contribution in [3.05, 3.63) is 24.0 Å². The molecule has 0 aliphatic rings. The number of esters is 1. The minimum atomic E-state index is -0.426. The number of hydrogen-bond acceptors (Lipinski definition) is 5. The second-order valence-electron chi connectivity index (χ2n) is 3.81. The van der Waals surface area contributed by atoms with Crippen LogP contribution >= 0.6 is 0 Å². The molecule has 18 heavy (non-hydrogen) atoms. The molecule has 0 saturated carbocycles. The van der Waals surface area contributed by atoms with E-state index >= 15 is 0 Å². The monoisotopic (exact) mass is 252 g/mol. The number of carbonyl (C=O) groups is 1. The molecule has 5 heteroatoms. The van der Waals surface area contributed by atoms with Crippen molar-refractivity contribution in [2.45, 2.75) is 19.8 Å². The van der Waals surface area contributed by atoms with Gasteiger partial charge in [0.2, 0.25) is 0 Å². The summed E-state index contributed by atoms with van der Waals surface area (Å²) in [4.78, 5) is 15.2. The first-order valence-corrected chi connectivity index (χ1v) is 6.14. The first-order chi connectivity index (χ1) is 8.77. The normalized spacial score (nSPS) is 10.1. The molecule has 0 amide bonds. The number of aromatic nitrogens is 1. The fourth-order valence-corrected chi connectivity index (χ4v) is 1.41. The first-order valence-electron chi connectivity index (χ1n) is 6.14. The first kappa shape index (κ1) is 14.4. The highest BCUT2D eigenvalue weighted by Gasteiger charge is 2.06. The number of rotatable bonds is 8. The second kappa shape index (κ2) is 8.47. The lowest BCUT2D eigenvalue weighted by molar-refractivity contribution is 0.0594. The van der Waals surface area contributed by atoms with Gasteiger partial charge >= 0.3 is 5.97 Å². The maximum Gasteiger partial charge on any atom is 0.356 e. The van der Waals surface area contributed by atoms with Gasteiger partial charge in [-0.2, -0.15) is 0 Å². The van der Waals surface area contributed by atoms with E-state index in [0.717, 1.165) is 38.3 Å². The van der Waals surface area contributed by atoms with E-state index in [4.69, 9.17) is 4.74 Å². The Labute approximate surface area is 108 Å². The number of anilines is 1. The summed E-state index contributed by atoms with van der Waals surface area (Å²) in [6, 6.07) is 3.50. The smallest absolute Gasteiger partial charge is 0.356 e. The van der Waals surface area contributed by atoms with Gasteiger partial charge in [0.15, 0.2) is 0 Å². The number of methoxy groups -OCH3 is 1.